The van der Waals surface area contributed by atoms with Gasteiger partial charge in [-0.05, 0) is 50.0 Å². The topological polar surface area (TPSA) is 61.0 Å². The molecule has 102 valence electrons. The van der Waals surface area contributed by atoms with Crippen LogP contribution in [0.3, 0.4) is 0 Å². The molecule has 1 saturated heterocycles. The number of fused-ring (bicyclic) bond motifs is 3. The second-order valence-corrected chi connectivity index (χ2v) is 6.19. The number of nitrogens with one attached hydrogen (secondary N) is 2. The van der Waals surface area contributed by atoms with Gasteiger partial charge in [0.2, 0.25) is 0 Å². The van der Waals surface area contributed by atoms with Gasteiger partial charge in [0.25, 0.3) is 0 Å². The summed E-state index contributed by atoms with van der Waals surface area (Å²) in [7, 11) is 0. The zero-order chi connectivity index (χ0) is 12.8. The highest BCUT2D eigenvalue weighted by Crippen LogP contribution is 2.37. The fourth-order valence-electron chi connectivity index (χ4n) is 4.01. The van der Waals surface area contributed by atoms with Crippen molar-refractivity contribution in [3.63, 3.8) is 0 Å². The number of rotatable bonds is 1. The lowest BCUT2D eigenvalue weighted by atomic mass is 9.94. The molecule has 1 aromatic rings. The molecule has 1 saturated carbocycles. The summed E-state index contributed by atoms with van der Waals surface area (Å²) in [6, 6.07) is 0.743. The van der Waals surface area contributed by atoms with Crippen molar-refractivity contribution < 1.29 is 4.79 Å². The van der Waals surface area contributed by atoms with Gasteiger partial charge in [0.1, 0.15) is 0 Å². The van der Waals surface area contributed by atoms with E-state index in [-0.39, 0.29) is 12.1 Å². The molecule has 3 atom stereocenters. The third-order valence-corrected chi connectivity index (χ3v) is 5.01. The van der Waals surface area contributed by atoms with Gasteiger partial charge in [-0.15, -0.1) is 0 Å². The summed E-state index contributed by atoms with van der Waals surface area (Å²) in [4.78, 5) is 14.5. The molecule has 2 fully saturated rings. The first-order valence-electron chi connectivity index (χ1n) is 7.40. The van der Waals surface area contributed by atoms with Crippen LogP contribution in [0.1, 0.15) is 49.4 Å². The Bertz CT molecular complexity index is 497. The Labute approximate surface area is 112 Å². The van der Waals surface area contributed by atoms with Crippen LogP contribution in [0.25, 0.3) is 0 Å². The van der Waals surface area contributed by atoms with Crippen LogP contribution < -0.4 is 5.32 Å². The van der Waals surface area contributed by atoms with Gasteiger partial charge in [-0.25, -0.2) is 4.79 Å². The Morgan fingerprint density at radius 1 is 1.42 bits per heavy atom. The van der Waals surface area contributed by atoms with Crippen molar-refractivity contribution in [2.45, 2.75) is 50.6 Å². The summed E-state index contributed by atoms with van der Waals surface area (Å²) >= 11 is 0. The molecular weight excluding hydrogens is 240 g/mol. The minimum Gasteiger partial charge on any atom is -0.330 e. The molecule has 3 aliphatic rings. The number of hydrogen-bond donors (Lipinski definition) is 2. The molecule has 4 rings (SSSR count). The molecular formula is C14H20N4O. The van der Waals surface area contributed by atoms with Gasteiger partial charge >= 0.3 is 6.03 Å². The number of piperidine rings is 1. The van der Waals surface area contributed by atoms with Crippen molar-refractivity contribution >= 4 is 6.03 Å². The number of amides is 2. The molecule has 3 unspecified atom stereocenters. The summed E-state index contributed by atoms with van der Waals surface area (Å²) in [5.74, 6) is 0.754. The number of nitrogens with zero attached hydrogens (tertiary/aromatic N) is 2. The van der Waals surface area contributed by atoms with Crippen LogP contribution in [0.2, 0.25) is 0 Å². The lowest BCUT2D eigenvalue weighted by Crippen LogP contribution is -2.46. The van der Waals surface area contributed by atoms with Crippen LogP contribution in [0.15, 0.2) is 6.20 Å². The zero-order valence-electron chi connectivity index (χ0n) is 11.1. The number of aromatic amines is 1. The van der Waals surface area contributed by atoms with E-state index in [2.05, 4.69) is 20.4 Å². The highest BCUT2D eigenvalue weighted by atomic mass is 16.2. The number of H-pyrrole nitrogens is 1. The standard InChI is InChI=1S/C14H20N4O/c19-14(18-8-9-4-5-11(18)6-9)16-12-3-1-2-10-7-15-17-13(10)12/h7,9,11-12H,1-6,8H2,(H,15,17)(H,16,19). The first-order valence-corrected chi connectivity index (χ1v) is 7.40. The predicted octanol–water partition coefficient (Wildman–Crippen LogP) is 1.98. The molecule has 2 bridgehead atoms. The number of aromatic nitrogens is 2. The summed E-state index contributed by atoms with van der Waals surface area (Å²) < 4.78 is 0. The molecule has 5 nitrogen and oxygen atoms in total. The highest BCUT2D eigenvalue weighted by molar-refractivity contribution is 5.75. The molecule has 2 aliphatic carbocycles. The molecule has 0 spiro atoms. The molecule has 1 aromatic heterocycles. The largest absolute Gasteiger partial charge is 0.330 e. The van der Waals surface area contributed by atoms with Gasteiger partial charge in [-0.1, -0.05) is 0 Å². The average Bonchev–Trinajstić information content (AvgIpc) is 3.14. The summed E-state index contributed by atoms with van der Waals surface area (Å²) in [5.41, 5.74) is 2.38. The molecule has 2 heterocycles. The van der Waals surface area contributed by atoms with Crippen LogP contribution in [0, 0.1) is 5.92 Å². The number of carbonyl (C=O) groups excluding carboxylic acids is 1. The third kappa shape index (κ3) is 1.83. The molecule has 0 radical (unpaired) electrons. The maximum Gasteiger partial charge on any atom is 0.318 e. The lowest BCUT2D eigenvalue weighted by Gasteiger charge is -2.30. The van der Waals surface area contributed by atoms with Crippen molar-refractivity contribution in [3.8, 4) is 0 Å². The highest BCUT2D eigenvalue weighted by Gasteiger charge is 2.40. The van der Waals surface area contributed by atoms with Crippen molar-refractivity contribution in [2.75, 3.05) is 6.54 Å². The van der Waals surface area contributed by atoms with Crippen LogP contribution >= 0.6 is 0 Å². The normalized spacial score (nSPS) is 32.4. The van der Waals surface area contributed by atoms with Gasteiger partial charge in [-0.3, -0.25) is 5.10 Å². The Morgan fingerprint density at radius 2 is 2.37 bits per heavy atom. The second kappa shape index (κ2) is 4.25. The van der Waals surface area contributed by atoms with Gasteiger partial charge in [0.05, 0.1) is 17.9 Å². The second-order valence-electron chi connectivity index (χ2n) is 6.19. The summed E-state index contributed by atoms with van der Waals surface area (Å²) in [6.45, 7) is 0.957. The van der Waals surface area contributed by atoms with Gasteiger partial charge in [-0.2, -0.15) is 5.10 Å². The van der Waals surface area contributed by atoms with E-state index in [0.717, 1.165) is 37.4 Å². The molecule has 1 aliphatic heterocycles. The van der Waals surface area contributed by atoms with Crippen LogP contribution in [-0.2, 0) is 6.42 Å². The quantitative estimate of drug-likeness (QED) is 0.811. The molecule has 2 amide bonds. The average molecular weight is 260 g/mol. The zero-order valence-corrected chi connectivity index (χ0v) is 11.1. The number of likely N-dealkylation sites (tertiary alicyclic amines) is 1. The molecule has 2 N–H and O–H groups in total. The Kier molecular flexibility index (Phi) is 2.53. The fraction of sp³-hybridized carbons (Fsp3) is 0.714. The van der Waals surface area contributed by atoms with Gasteiger partial charge < -0.3 is 10.2 Å². The van der Waals surface area contributed by atoms with Crippen LogP contribution in [0.4, 0.5) is 4.79 Å². The Morgan fingerprint density at radius 3 is 3.16 bits per heavy atom. The first-order chi connectivity index (χ1) is 9.31. The lowest BCUT2D eigenvalue weighted by molar-refractivity contribution is 0.175. The van der Waals surface area contributed by atoms with Crippen molar-refractivity contribution in [3.05, 3.63) is 17.5 Å². The Hall–Kier alpha value is -1.52. The smallest absolute Gasteiger partial charge is 0.318 e. The van der Waals surface area contributed by atoms with E-state index in [1.54, 1.807) is 0 Å². The molecule has 19 heavy (non-hydrogen) atoms. The van der Waals surface area contributed by atoms with Crippen molar-refractivity contribution in [2.24, 2.45) is 5.92 Å². The Balaban J connectivity index is 1.46. The molecule has 5 heteroatoms. The van der Waals surface area contributed by atoms with E-state index in [4.69, 9.17) is 0 Å². The maximum absolute atomic E-state index is 12.4. The minimum absolute atomic E-state index is 0.123. The summed E-state index contributed by atoms with van der Waals surface area (Å²) in [5, 5.41) is 10.4. The number of hydrogen-bond acceptors (Lipinski definition) is 2. The van der Waals surface area contributed by atoms with Crippen molar-refractivity contribution in [1.82, 2.24) is 20.4 Å². The summed E-state index contributed by atoms with van der Waals surface area (Å²) in [6.07, 6.45) is 8.83. The number of carbonyl (C=O) groups is 1. The SMILES string of the molecule is O=C(NC1CCCc2cn[nH]c21)N1CC2CCC1C2. The number of urea groups is 1. The van der Waals surface area contributed by atoms with Crippen LogP contribution in [-0.4, -0.2) is 33.7 Å². The van der Waals surface area contributed by atoms with E-state index in [1.165, 1.54) is 24.8 Å². The monoisotopic (exact) mass is 260 g/mol. The van der Waals surface area contributed by atoms with Crippen LogP contribution in [0.5, 0.6) is 0 Å². The van der Waals surface area contributed by atoms with E-state index in [0.29, 0.717) is 6.04 Å². The first kappa shape index (κ1) is 11.3. The van der Waals surface area contributed by atoms with E-state index < -0.39 is 0 Å². The fourth-order valence-corrected chi connectivity index (χ4v) is 4.01. The van der Waals surface area contributed by atoms with Crippen molar-refractivity contribution in [1.29, 1.82) is 0 Å². The maximum atomic E-state index is 12.4. The molecule has 0 aromatic carbocycles. The minimum atomic E-state index is 0.123. The van der Waals surface area contributed by atoms with Gasteiger partial charge in [0.15, 0.2) is 0 Å². The third-order valence-electron chi connectivity index (χ3n) is 5.01. The number of aryl methyl sites for hydroxylation is 1. The van der Waals surface area contributed by atoms with E-state index in [1.807, 2.05) is 6.20 Å². The van der Waals surface area contributed by atoms with E-state index in [9.17, 15) is 4.79 Å². The van der Waals surface area contributed by atoms with Gasteiger partial charge in [0, 0.05) is 12.6 Å². The predicted molar refractivity (Wildman–Crippen MR) is 70.6 cm³/mol. The van der Waals surface area contributed by atoms with E-state index >= 15 is 0 Å².